The quantitative estimate of drug-likeness (QED) is 0.637. The zero-order valence-corrected chi connectivity index (χ0v) is 10.4. The van der Waals surface area contributed by atoms with Crippen LogP contribution in [0.5, 0.6) is 0 Å². The average Bonchev–Trinajstić information content (AvgIpc) is 2.76. The van der Waals surface area contributed by atoms with Crippen LogP contribution in [0.25, 0.3) is 0 Å². The molecule has 0 fully saturated rings. The van der Waals surface area contributed by atoms with E-state index in [1.54, 1.807) is 20.2 Å². The van der Waals surface area contributed by atoms with Crippen LogP contribution < -0.4 is 10.6 Å². The fourth-order valence-electron chi connectivity index (χ4n) is 1.30. The third-order valence-electron chi connectivity index (χ3n) is 2.24. The third kappa shape index (κ3) is 4.10. The summed E-state index contributed by atoms with van der Waals surface area (Å²) in [6.45, 7) is 1.40. The number of nitrogens with one attached hydrogen (secondary N) is 2. The van der Waals surface area contributed by atoms with Crippen LogP contribution in [-0.2, 0) is 6.54 Å². The molecule has 100 valence electrons. The van der Waals surface area contributed by atoms with E-state index in [4.69, 9.17) is 9.52 Å². The highest BCUT2D eigenvalue weighted by molar-refractivity contribution is 5.86. The molecule has 7 nitrogen and oxygen atoms in total. The fourth-order valence-corrected chi connectivity index (χ4v) is 1.30. The van der Waals surface area contributed by atoms with Crippen molar-refractivity contribution >= 4 is 12.0 Å². The van der Waals surface area contributed by atoms with Gasteiger partial charge in [0.25, 0.3) is 0 Å². The van der Waals surface area contributed by atoms with Crippen molar-refractivity contribution in [2.75, 3.05) is 27.2 Å². The number of hydrogen-bond donors (Lipinski definition) is 3. The normalized spacial score (nSPS) is 10.1. The number of carbonyl (C=O) groups excluding carboxylic acids is 1. The molecule has 0 aliphatic rings. The summed E-state index contributed by atoms with van der Waals surface area (Å²) in [5, 5.41) is 14.5. The van der Waals surface area contributed by atoms with Gasteiger partial charge in [-0.2, -0.15) is 0 Å². The van der Waals surface area contributed by atoms with Crippen molar-refractivity contribution in [2.45, 2.75) is 6.54 Å². The van der Waals surface area contributed by atoms with E-state index in [-0.39, 0.29) is 11.8 Å². The summed E-state index contributed by atoms with van der Waals surface area (Å²) in [7, 11) is 3.32. The minimum atomic E-state index is -1.09. The van der Waals surface area contributed by atoms with Gasteiger partial charge in [0.2, 0.25) is 5.76 Å². The molecule has 0 atom stereocenters. The van der Waals surface area contributed by atoms with Gasteiger partial charge in [-0.15, -0.1) is 0 Å². The van der Waals surface area contributed by atoms with Crippen molar-refractivity contribution in [3.8, 4) is 0 Å². The molecule has 7 heteroatoms. The first-order chi connectivity index (χ1) is 8.52. The van der Waals surface area contributed by atoms with Crippen molar-refractivity contribution < 1.29 is 19.1 Å². The van der Waals surface area contributed by atoms with Crippen LogP contribution >= 0.6 is 0 Å². The molecule has 3 N–H and O–H groups in total. The lowest BCUT2D eigenvalue weighted by Gasteiger charge is -2.12. The molecule has 0 aliphatic heterocycles. The maximum Gasteiger partial charge on any atom is 0.372 e. The number of aromatic carboxylic acids is 1. The minimum Gasteiger partial charge on any atom is -0.475 e. The van der Waals surface area contributed by atoms with Crippen molar-refractivity contribution in [1.82, 2.24) is 15.5 Å². The lowest BCUT2D eigenvalue weighted by molar-refractivity contribution is 0.0660. The predicted octanol–water partition coefficient (Wildman–Crippen LogP) is 0.339. The van der Waals surface area contributed by atoms with E-state index in [9.17, 15) is 9.59 Å². The molecule has 0 saturated carbocycles. The first kappa shape index (κ1) is 14.0. The monoisotopic (exact) mass is 255 g/mol. The molecular formula is C11H17N3O4. The molecule has 0 spiro atoms. The van der Waals surface area contributed by atoms with Gasteiger partial charge in [-0.25, -0.2) is 9.59 Å². The largest absolute Gasteiger partial charge is 0.475 e. The van der Waals surface area contributed by atoms with Gasteiger partial charge in [0, 0.05) is 39.3 Å². The Kier molecular flexibility index (Phi) is 5.19. The standard InChI is InChI=1S/C11H17N3O4/c1-14(2)11(17)13-5-4-12-7-8-3-6-18-9(8)10(15)16/h3,6,12H,4-5,7H2,1-2H3,(H,13,17)(H,15,16). The molecule has 0 aliphatic carbocycles. The van der Waals surface area contributed by atoms with Crippen molar-refractivity contribution in [3.05, 3.63) is 23.7 Å². The number of amides is 2. The highest BCUT2D eigenvalue weighted by Crippen LogP contribution is 2.09. The number of carboxylic acid groups (broad SMARTS) is 1. The van der Waals surface area contributed by atoms with Gasteiger partial charge in [0.15, 0.2) is 0 Å². The van der Waals surface area contributed by atoms with E-state index in [0.717, 1.165) is 0 Å². The number of carboxylic acids is 1. The molecule has 0 unspecified atom stereocenters. The molecule has 1 heterocycles. The topological polar surface area (TPSA) is 94.8 Å². The van der Waals surface area contributed by atoms with E-state index in [1.165, 1.54) is 11.2 Å². The van der Waals surface area contributed by atoms with Gasteiger partial charge in [-0.05, 0) is 6.07 Å². The number of carbonyl (C=O) groups is 2. The summed E-state index contributed by atoms with van der Waals surface area (Å²) in [5.74, 6) is -1.14. The summed E-state index contributed by atoms with van der Waals surface area (Å²) in [4.78, 5) is 23.4. The van der Waals surface area contributed by atoms with E-state index in [2.05, 4.69) is 10.6 Å². The summed E-state index contributed by atoms with van der Waals surface area (Å²) in [6, 6.07) is 1.45. The van der Waals surface area contributed by atoms with Crippen LogP contribution in [0.3, 0.4) is 0 Å². The Balaban J connectivity index is 2.24. The second-order valence-electron chi connectivity index (χ2n) is 3.88. The number of hydrogen-bond acceptors (Lipinski definition) is 4. The van der Waals surface area contributed by atoms with Crippen LogP contribution in [0.4, 0.5) is 4.79 Å². The summed E-state index contributed by atoms with van der Waals surface area (Å²) < 4.78 is 4.84. The van der Waals surface area contributed by atoms with Crippen LogP contribution in [0, 0.1) is 0 Å². The zero-order valence-electron chi connectivity index (χ0n) is 10.4. The number of urea groups is 1. The molecule has 0 bridgehead atoms. The number of furan rings is 1. The Morgan fingerprint density at radius 3 is 2.72 bits per heavy atom. The Labute approximate surface area is 105 Å². The van der Waals surface area contributed by atoms with E-state index in [0.29, 0.717) is 25.2 Å². The van der Waals surface area contributed by atoms with Gasteiger partial charge >= 0.3 is 12.0 Å². The van der Waals surface area contributed by atoms with Crippen LogP contribution in [0.1, 0.15) is 16.1 Å². The van der Waals surface area contributed by atoms with Crippen LogP contribution in [0.15, 0.2) is 16.7 Å². The summed E-state index contributed by atoms with van der Waals surface area (Å²) in [6.07, 6.45) is 1.34. The van der Waals surface area contributed by atoms with Crippen LogP contribution in [0.2, 0.25) is 0 Å². The van der Waals surface area contributed by atoms with Crippen LogP contribution in [-0.4, -0.2) is 49.2 Å². The molecular weight excluding hydrogens is 238 g/mol. The summed E-state index contributed by atoms with van der Waals surface area (Å²) >= 11 is 0. The molecule has 1 aromatic heterocycles. The highest BCUT2D eigenvalue weighted by Gasteiger charge is 2.12. The average molecular weight is 255 g/mol. The van der Waals surface area contributed by atoms with Crippen molar-refractivity contribution in [3.63, 3.8) is 0 Å². The first-order valence-electron chi connectivity index (χ1n) is 5.48. The molecule has 1 rings (SSSR count). The molecule has 18 heavy (non-hydrogen) atoms. The Morgan fingerprint density at radius 1 is 1.39 bits per heavy atom. The smallest absolute Gasteiger partial charge is 0.372 e. The lowest BCUT2D eigenvalue weighted by atomic mass is 10.2. The maximum atomic E-state index is 11.2. The molecule has 1 aromatic rings. The fraction of sp³-hybridized carbons (Fsp3) is 0.455. The van der Waals surface area contributed by atoms with Gasteiger partial charge in [-0.3, -0.25) is 0 Å². The Bertz CT molecular complexity index is 414. The van der Waals surface area contributed by atoms with Crippen molar-refractivity contribution in [1.29, 1.82) is 0 Å². The molecule has 0 aromatic carbocycles. The second-order valence-corrected chi connectivity index (χ2v) is 3.88. The van der Waals surface area contributed by atoms with E-state index < -0.39 is 5.97 Å². The van der Waals surface area contributed by atoms with Gasteiger partial charge in [0.1, 0.15) is 0 Å². The van der Waals surface area contributed by atoms with Gasteiger partial charge in [-0.1, -0.05) is 0 Å². The number of nitrogens with zero attached hydrogens (tertiary/aromatic N) is 1. The van der Waals surface area contributed by atoms with Gasteiger partial charge < -0.3 is 25.1 Å². The Hall–Kier alpha value is -2.02. The molecule has 0 radical (unpaired) electrons. The van der Waals surface area contributed by atoms with E-state index >= 15 is 0 Å². The third-order valence-corrected chi connectivity index (χ3v) is 2.24. The molecule has 0 saturated heterocycles. The second kappa shape index (κ2) is 6.65. The number of rotatable bonds is 6. The maximum absolute atomic E-state index is 11.2. The lowest BCUT2D eigenvalue weighted by Crippen LogP contribution is -2.38. The highest BCUT2D eigenvalue weighted by atomic mass is 16.4. The zero-order chi connectivity index (χ0) is 13.5. The Morgan fingerprint density at radius 2 is 2.11 bits per heavy atom. The predicted molar refractivity (Wildman–Crippen MR) is 64.5 cm³/mol. The molecule has 2 amide bonds. The SMILES string of the molecule is CN(C)C(=O)NCCNCc1ccoc1C(=O)O. The van der Waals surface area contributed by atoms with Crippen molar-refractivity contribution in [2.24, 2.45) is 0 Å². The van der Waals surface area contributed by atoms with E-state index in [1.807, 2.05) is 0 Å². The minimum absolute atomic E-state index is 0.0557. The van der Waals surface area contributed by atoms with Gasteiger partial charge in [0.05, 0.1) is 6.26 Å². The summed E-state index contributed by atoms with van der Waals surface area (Å²) in [5.41, 5.74) is 0.585. The first-order valence-corrected chi connectivity index (χ1v) is 5.48.